The number of carbonyl (C=O) groups excluding carboxylic acids is 1. The lowest BCUT2D eigenvalue weighted by atomic mass is 10.1. The number of amides is 1. The Morgan fingerprint density at radius 2 is 2.09 bits per heavy atom. The van der Waals surface area contributed by atoms with Crippen LogP contribution in [0.2, 0.25) is 0 Å². The quantitative estimate of drug-likeness (QED) is 0.918. The molecule has 0 radical (unpaired) electrons. The second-order valence-electron chi connectivity index (χ2n) is 6.50. The van der Waals surface area contributed by atoms with Crippen molar-refractivity contribution in [2.45, 2.75) is 44.8 Å². The average molecular weight is 298 g/mol. The van der Waals surface area contributed by atoms with Crippen LogP contribution in [0.25, 0.3) is 11.0 Å². The number of hydrogen-bond acceptors (Lipinski definition) is 3. The van der Waals surface area contributed by atoms with Gasteiger partial charge in [0.2, 0.25) is 5.91 Å². The molecule has 2 unspecified atom stereocenters. The molecule has 3 heterocycles. The van der Waals surface area contributed by atoms with Crippen LogP contribution in [0.5, 0.6) is 0 Å². The molecule has 2 atom stereocenters. The van der Waals surface area contributed by atoms with Gasteiger partial charge in [-0.2, -0.15) is 0 Å². The average Bonchev–Trinajstić information content (AvgIpc) is 2.99. The van der Waals surface area contributed by atoms with Crippen molar-refractivity contribution in [2.75, 3.05) is 13.1 Å². The maximum Gasteiger partial charge on any atom is 0.242 e. The molecule has 2 aliphatic heterocycles. The van der Waals surface area contributed by atoms with E-state index in [1.165, 1.54) is 12.8 Å². The smallest absolute Gasteiger partial charge is 0.242 e. The molecule has 2 saturated heterocycles. The molecule has 0 saturated carbocycles. The molecule has 22 heavy (non-hydrogen) atoms. The first-order valence-electron chi connectivity index (χ1n) is 8.16. The molecular weight excluding hydrogens is 276 g/mol. The second kappa shape index (κ2) is 5.39. The largest absolute Gasteiger partial charge is 0.340 e. The van der Waals surface area contributed by atoms with Crippen molar-refractivity contribution in [3.63, 3.8) is 0 Å². The Hall–Kier alpha value is -1.88. The zero-order valence-electron chi connectivity index (χ0n) is 13.0. The molecule has 1 N–H and O–H groups in total. The van der Waals surface area contributed by atoms with Crippen LogP contribution in [0.1, 0.15) is 25.1 Å². The van der Waals surface area contributed by atoms with Crippen LogP contribution in [0.15, 0.2) is 24.3 Å². The Morgan fingerprint density at radius 3 is 3.00 bits per heavy atom. The van der Waals surface area contributed by atoms with Gasteiger partial charge >= 0.3 is 0 Å². The first-order chi connectivity index (χ1) is 10.7. The number of hydrogen-bond donors (Lipinski definition) is 1. The van der Waals surface area contributed by atoms with Gasteiger partial charge in [0, 0.05) is 25.2 Å². The molecule has 1 amide bonds. The van der Waals surface area contributed by atoms with Gasteiger partial charge in [-0.05, 0) is 38.3 Å². The molecule has 5 nitrogen and oxygen atoms in total. The highest BCUT2D eigenvalue weighted by Crippen LogP contribution is 2.21. The molecule has 5 heteroatoms. The SMILES string of the molecule is Cc1nc2ccccc2n1CC(=O)N1CCC2CCC(C1)N2. The number of aromatic nitrogens is 2. The van der Waals surface area contributed by atoms with Crippen molar-refractivity contribution in [3.05, 3.63) is 30.1 Å². The van der Waals surface area contributed by atoms with Gasteiger partial charge in [0.15, 0.2) is 0 Å². The highest BCUT2D eigenvalue weighted by molar-refractivity contribution is 5.81. The van der Waals surface area contributed by atoms with Crippen molar-refractivity contribution in [2.24, 2.45) is 0 Å². The van der Waals surface area contributed by atoms with Crippen LogP contribution < -0.4 is 5.32 Å². The van der Waals surface area contributed by atoms with Gasteiger partial charge in [0.1, 0.15) is 12.4 Å². The molecule has 2 aliphatic rings. The first-order valence-corrected chi connectivity index (χ1v) is 8.16. The van der Waals surface area contributed by atoms with Crippen molar-refractivity contribution < 1.29 is 4.79 Å². The number of benzene rings is 1. The molecular formula is C17H22N4O. The molecule has 1 aromatic heterocycles. The lowest BCUT2D eigenvalue weighted by molar-refractivity contribution is -0.132. The van der Waals surface area contributed by atoms with E-state index in [1.54, 1.807) is 0 Å². The Bertz CT molecular complexity index is 708. The topological polar surface area (TPSA) is 50.2 Å². The van der Waals surface area contributed by atoms with Crippen LogP contribution >= 0.6 is 0 Å². The number of rotatable bonds is 2. The molecule has 116 valence electrons. The van der Waals surface area contributed by atoms with E-state index >= 15 is 0 Å². The normalized spacial score (nSPS) is 24.7. The minimum absolute atomic E-state index is 0.209. The van der Waals surface area contributed by atoms with Crippen molar-refractivity contribution >= 4 is 16.9 Å². The Labute approximate surface area is 130 Å². The van der Waals surface area contributed by atoms with Crippen LogP contribution in [0.4, 0.5) is 0 Å². The van der Waals surface area contributed by atoms with E-state index < -0.39 is 0 Å². The summed E-state index contributed by atoms with van der Waals surface area (Å²) in [5.41, 5.74) is 2.01. The van der Waals surface area contributed by atoms with E-state index in [0.717, 1.165) is 36.4 Å². The van der Waals surface area contributed by atoms with Crippen LogP contribution in [0, 0.1) is 6.92 Å². The Kier molecular flexibility index (Phi) is 3.37. The number of fused-ring (bicyclic) bond motifs is 3. The third-order valence-corrected chi connectivity index (χ3v) is 5.01. The predicted octanol–water partition coefficient (Wildman–Crippen LogP) is 1.70. The fourth-order valence-electron chi connectivity index (χ4n) is 3.80. The van der Waals surface area contributed by atoms with Crippen LogP contribution in [-0.4, -0.2) is 45.5 Å². The monoisotopic (exact) mass is 298 g/mol. The fraction of sp³-hybridized carbons (Fsp3) is 0.529. The molecule has 2 bridgehead atoms. The Balaban J connectivity index is 1.54. The minimum Gasteiger partial charge on any atom is -0.340 e. The highest BCUT2D eigenvalue weighted by Gasteiger charge is 2.31. The summed E-state index contributed by atoms with van der Waals surface area (Å²) in [5, 5.41) is 3.62. The summed E-state index contributed by atoms with van der Waals surface area (Å²) in [5.74, 6) is 1.12. The first kappa shape index (κ1) is 13.8. The van der Waals surface area contributed by atoms with E-state index in [9.17, 15) is 4.79 Å². The van der Waals surface area contributed by atoms with Crippen LogP contribution in [0.3, 0.4) is 0 Å². The summed E-state index contributed by atoms with van der Waals surface area (Å²) in [6.07, 6.45) is 3.53. The van der Waals surface area contributed by atoms with Gasteiger partial charge in [-0.1, -0.05) is 12.1 Å². The zero-order chi connectivity index (χ0) is 15.1. The number of aryl methyl sites for hydroxylation is 1. The number of carbonyl (C=O) groups is 1. The molecule has 4 rings (SSSR count). The second-order valence-corrected chi connectivity index (χ2v) is 6.50. The van der Waals surface area contributed by atoms with Crippen molar-refractivity contribution in [3.8, 4) is 0 Å². The summed E-state index contributed by atoms with van der Waals surface area (Å²) in [6.45, 7) is 4.09. The lowest BCUT2D eigenvalue weighted by Gasteiger charge is -2.24. The fourth-order valence-corrected chi connectivity index (χ4v) is 3.80. The van der Waals surface area contributed by atoms with E-state index in [1.807, 2.05) is 40.7 Å². The standard InChI is InChI=1S/C17H22N4O/c1-12-18-15-4-2-3-5-16(15)21(12)11-17(22)20-9-8-13-6-7-14(10-20)19-13/h2-5,13-14,19H,6-11H2,1H3. The summed E-state index contributed by atoms with van der Waals surface area (Å²) < 4.78 is 2.04. The Morgan fingerprint density at radius 1 is 1.27 bits per heavy atom. The summed E-state index contributed by atoms with van der Waals surface area (Å²) in [7, 11) is 0. The van der Waals surface area contributed by atoms with E-state index in [0.29, 0.717) is 18.6 Å². The van der Waals surface area contributed by atoms with Gasteiger partial charge in [0.25, 0.3) is 0 Å². The van der Waals surface area contributed by atoms with Gasteiger partial charge in [-0.3, -0.25) is 4.79 Å². The number of para-hydroxylation sites is 2. The molecule has 2 aromatic rings. The number of imidazole rings is 1. The predicted molar refractivity (Wildman–Crippen MR) is 85.6 cm³/mol. The van der Waals surface area contributed by atoms with Gasteiger partial charge in [-0.25, -0.2) is 4.98 Å². The summed E-state index contributed by atoms with van der Waals surface area (Å²) in [4.78, 5) is 19.3. The van der Waals surface area contributed by atoms with E-state index in [4.69, 9.17) is 0 Å². The lowest BCUT2D eigenvalue weighted by Crippen LogP contribution is -2.40. The number of likely N-dealkylation sites (tertiary alicyclic amines) is 1. The van der Waals surface area contributed by atoms with E-state index in [-0.39, 0.29) is 5.91 Å². The number of nitrogens with zero attached hydrogens (tertiary/aromatic N) is 3. The summed E-state index contributed by atoms with van der Waals surface area (Å²) >= 11 is 0. The van der Waals surface area contributed by atoms with Crippen molar-refractivity contribution in [1.82, 2.24) is 19.8 Å². The maximum absolute atomic E-state index is 12.7. The van der Waals surface area contributed by atoms with Crippen LogP contribution in [-0.2, 0) is 11.3 Å². The van der Waals surface area contributed by atoms with Gasteiger partial charge in [0.05, 0.1) is 11.0 Å². The maximum atomic E-state index is 12.7. The highest BCUT2D eigenvalue weighted by atomic mass is 16.2. The zero-order valence-corrected chi connectivity index (χ0v) is 13.0. The number of nitrogens with one attached hydrogen (secondary N) is 1. The summed E-state index contributed by atoms with van der Waals surface area (Å²) in [6, 6.07) is 9.11. The third-order valence-electron chi connectivity index (χ3n) is 5.01. The molecule has 1 aromatic carbocycles. The van der Waals surface area contributed by atoms with Gasteiger partial charge in [-0.15, -0.1) is 0 Å². The molecule has 2 fully saturated rings. The molecule has 0 aliphatic carbocycles. The van der Waals surface area contributed by atoms with E-state index in [2.05, 4.69) is 10.3 Å². The van der Waals surface area contributed by atoms with Crippen molar-refractivity contribution in [1.29, 1.82) is 0 Å². The molecule has 0 spiro atoms. The third kappa shape index (κ3) is 2.39. The minimum atomic E-state index is 0.209. The van der Waals surface area contributed by atoms with Gasteiger partial charge < -0.3 is 14.8 Å².